The highest BCUT2D eigenvalue weighted by Crippen LogP contribution is 2.39. The summed E-state index contributed by atoms with van der Waals surface area (Å²) in [6.07, 6.45) is 2.28. The summed E-state index contributed by atoms with van der Waals surface area (Å²) in [6, 6.07) is 7.16. The summed E-state index contributed by atoms with van der Waals surface area (Å²) < 4.78 is 0. The molecule has 4 N–H and O–H groups in total. The molecule has 1 unspecified atom stereocenters. The molecule has 1 fully saturated rings. The second kappa shape index (κ2) is 5.63. The number of hydrogen-bond donors (Lipinski definition) is 3. The fourth-order valence-corrected chi connectivity index (χ4v) is 2.41. The van der Waals surface area contributed by atoms with E-state index in [1.165, 1.54) is 0 Å². The Morgan fingerprint density at radius 1 is 1.40 bits per heavy atom. The third kappa shape index (κ3) is 2.82. The van der Waals surface area contributed by atoms with Crippen molar-refractivity contribution in [2.24, 2.45) is 11.7 Å². The van der Waals surface area contributed by atoms with Gasteiger partial charge in [-0.2, -0.15) is 0 Å². The zero-order chi connectivity index (χ0) is 14.8. The standard InChI is InChI=1S/C15H20N2O3/c1-15(14(19)20,11-6-7-11)17-13(18)12-5-3-2-4-10(12)8-9-16/h2-5,11H,6-9,16H2,1H3,(H,17,18)(H,19,20). The second-order valence-corrected chi connectivity index (χ2v) is 5.43. The first-order valence-electron chi connectivity index (χ1n) is 6.83. The lowest BCUT2D eigenvalue weighted by molar-refractivity contribution is -0.144. The maximum atomic E-state index is 12.4. The first kappa shape index (κ1) is 14.5. The van der Waals surface area contributed by atoms with Crippen molar-refractivity contribution in [3.05, 3.63) is 35.4 Å². The molecule has 0 aromatic heterocycles. The molecule has 1 aliphatic rings. The van der Waals surface area contributed by atoms with Crippen LogP contribution in [0.5, 0.6) is 0 Å². The monoisotopic (exact) mass is 276 g/mol. The fraction of sp³-hybridized carbons (Fsp3) is 0.467. The number of aliphatic carboxylic acids is 1. The number of benzene rings is 1. The van der Waals surface area contributed by atoms with Crippen LogP contribution in [0.2, 0.25) is 0 Å². The van der Waals surface area contributed by atoms with Gasteiger partial charge in [0.25, 0.3) is 5.91 Å². The first-order valence-corrected chi connectivity index (χ1v) is 6.83. The molecule has 1 aromatic carbocycles. The average Bonchev–Trinajstić information content (AvgIpc) is 3.24. The molecule has 1 aliphatic carbocycles. The lowest BCUT2D eigenvalue weighted by Crippen LogP contribution is -2.54. The van der Waals surface area contributed by atoms with Gasteiger partial charge in [-0.05, 0) is 50.3 Å². The van der Waals surface area contributed by atoms with E-state index in [4.69, 9.17) is 5.73 Å². The van der Waals surface area contributed by atoms with E-state index in [0.717, 1.165) is 18.4 Å². The molecule has 1 aromatic rings. The Kier molecular flexibility index (Phi) is 4.09. The zero-order valence-corrected chi connectivity index (χ0v) is 11.6. The number of carbonyl (C=O) groups is 2. The Balaban J connectivity index is 2.21. The quantitative estimate of drug-likeness (QED) is 0.727. The molecule has 0 heterocycles. The first-order chi connectivity index (χ1) is 9.49. The van der Waals surface area contributed by atoms with Crippen molar-refractivity contribution < 1.29 is 14.7 Å². The van der Waals surface area contributed by atoms with Gasteiger partial charge < -0.3 is 16.2 Å². The lowest BCUT2D eigenvalue weighted by atomic mass is 9.94. The van der Waals surface area contributed by atoms with Crippen molar-refractivity contribution in [2.45, 2.75) is 31.7 Å². The van der Waals surface area contributed by atoms with Gasteiger partial charge in [0.2, 0.25) is 0 Å². The third-order valence-electron chi connectivity index (χ3n) is 3.89. The Bertz CT molecular complexity index is 526. The maximum absolute atomic E-state index is 12.4. The van der Waals surface area contributed by atoms with E-state index >= 15 is 0 Å². The number of carboxylic acids is 1. The van der Waals surface area contributed by atoms with Crippen LogP contribution in [0.25, 0.3) is 0 Å². The molecule has 2 rings (SSSR count). The maximum Gasteiger partial charge on any atom is 0.329 e. The molecule has 20 heavy (non-hydrogen) atoms. The molecular weight excluding hydrogens is 256 g/mol. The number of rotatable bonds is 6. The summed E-state index contributed by atoms with van der Waals surface area (Å²) in [6.45, 7) is 2.03. The van der Waals surface area contributed by atoms with Crippen LogP contribution in [-0.4, -0.2) is 29.1 Å². The minimum absolute atomic E-state index is 0.0191. The van der Waals surface area contributed by atoms with E-state index in [1.807, 2.05) is 12.1 Å². The van der Waals surface area contributed by atoms with Crippen LogP contribution in [0.15, 0.2) is 24.3 Å². The number of amides is 1. The van der Waals surface area contributed by atoms with Gasteiger partial charge in [0.15, 0.2) is 0 Å². The number of carboxylic acid groups (broad SMARTS) is 1. The van der Waals surface area contributed by atoms with Gasteiger partial charge in [0.1, 0.15) is 5.54 Å². The SMILES string of the molecule is CC(NC(=O)c1ccccc1CCN)(C(=O)O)C1CC1. The number of hydrogen-bond acceptors (Lipinski definition) is 3. The minimum Gasteiger partial charge on any atom is -0.480 e. The van der Waals surface area contributed by atoms with Crippen molar-refractivity contribution in [3.63, 3.8) is 0 Å². The fourth-order valence-electron chi connectivity index (χ4n) is 2.41. The van der Waals surface area contributed by atoms with Gasteiger partial charge in [-0.3, -0.25) is 4.79 Å². The van der Waals surface area contributed by atoms with Gasteiger partial charge in [0.05, 0.1) is 0 Å². The molecule has 108 valence electrons. The van der Waals surface area contributed by atoms with Crippen LogP contribution >= 0.6 is 0 Å². The van der Waals surface area contributed by atoms with Crippen LogP contribution in [0.4, 0.5) is 0 Å². The van der Waals surface area contributed by atoms with Crippen molar-refractivity contribution >= 4 is 11.9 Å². The largest absolute Gasteiger partial charge is 0.480 e. The molecule has 0 saturated heterocycles. The van der Waals surface area contributed by atoms with E-state index in [9.17, 15) is 14.7 Å². The summed E-state index contributed by atoms with van der Waals surface area (Å²) in [5, 5.41) is 12.1. The Morgan fingerprint density at radius 2 is 2.05 bits per heavy atom. The number of carbonyl (C=O) groups excluding carboxylic acids is 1. The summed E-state index contributed by atoms with van der Waals surface area (Å²) in [7, 11) is 0. The van der Waals surface area contributed by atoms with Crippen molar-refractivity contribution in [1.29, 1.82) is 0 Å². The van der Waals surface area contributed by atoms with Gasteiger partial charge in [-0.25, -0.2) is 4.79 Å². The highest BCUT2D eigenvalue weighted by atomic mass is 16.4. The van der Waals surface area contributed by atoms with Gasteiger partial charge in [-0.1, -0.05) is 18.2 Å². The van der Waals surface area contributed by atoms with Crippen molar-refractivity contribution in [2.75, 3.05) is 6.54 Å². The van der Waals surface area contributed by atoms with Crippen LogP contribution in [0, 0.1) is 5.92 Å². The van der Waals surface area contributed by atoms with Crippen LogP contribution in [0.3, 0.4) is 0 Å². The van der Waals surface area contributed by atoms with Gasteiger partial charge in [-0.15, -0.1) is 0 Å². The van der Waals surface area contributed by atoms with Crippen molar-refractivity contribution in [3.8, 4) is 0 Å². The number of nitrogens with one attached hydrogen (secondary N) is 1. The smallest absolute Gasteiger partial charge is 0.329 e. The van der Waals surface area contributed by atoms with E-state index in [1.54, 1.807) is 19.1 Å². The summed E-state index contributed by atoms with van der Waals surface area (Å²) in [5.41, 5.74) is 5.70. The van der Waals surface area contributed by atoms with E-state index in [0.29, 0.717) is 18.5 Å². The molecular formula is C15H20N2O3. The summed E-state index contributed by atoms with van der Waals surface area (Å²) >= 11 is 0. The average molecular weight is 276 g/mol. The molecule has 5 heteroatoms. The second-order valence-electron chi connectivity index (χ2n) is 5.43. The molecule has 0 aliphatic heterocycles. The number of nitrogens with two attached hydrogens (primary N) is 1. The zero-order valence-electron chi connectivity index (χ0n) is 11.6. The van der Waals surface area contributed by atoms with Crippen molar-refractivity contribution in [1.82, 2.24) is 5.32 Å². The minimum atomic E-state index is -1.19. The summed E-state index contributed by atoms with van der Waals surface area (Å²) in [5.74, 6) is -1.30. The Hall–Kier alpha value is -1.88. The molecule has 1 atom stereocenters. The molecule has 1 amide bonds. The molecule has 5 nitrogen and oxygen atoms in total. The molecule has 0 spiro atoms. The molecule has 0 bridgehead atoms. The molecule has 1 saturated carbocycles. The highest BCUT2D eigenvalue weighted by Gasteiger charge is 2.48. The normalized spacial score (nSPS) is 17.3. The van der Waals surface area contributed by atoms with Gasteiger partial charge >= 0.3 is 5.97 Å². The predicted octanol–water partition coefficient (Wildman–Crippen LogP) is 1.17. The highest BCUT2D eigenvalue weighted by molar-refractivity contribution is 5.99. The van der Waals surface area contributed by atoms with Gasteiger partial charge in [0, 0.05) is 5.56 Å². The van der Waals surface area contributed by atoms with E-state index in [2.05, 4.69) is 5.32 Å². The molecule has 0 radical (unpaired) electrons. The Morgan fingerprint density at radius 3 is 2.60 bits per heavy atom. The van der Waals surface area contributed by atoms with Crippen LogP contribution < -0.4 is 11.1 Å². The third-order valence-corrected chi connectivity index (χ3v) is 3.89. The topological polar surface area (TPSA) is 92.4 Å². The predicted molar refractivity (Wildman–Crippen MR) is 75.4 cm³/mol. The summed E-state index contributed by atoms with van der Waals surface area (Å²) in [4.78, 5) is 23.8. The van der Waals surface area contributed by atoms with E-state index in [-0.39, 0.29) is 11.8 Å². The van der Waals surface area contributed by atoms with E-state index < -0.39 is 11.5 Å². The Labute approximate surface area is 118 Å². The van der Waals surface area contributed by atoms with Crippen LogP contribution in [-0.2, 0) is 11.2 Å². The lowest BCUT2D eigenvalue weighted by Gasteiger charge is -2.26. The van der Waals surface area contributed by atoms with Crippen LogP contribution in [0.1, 0.15) is 35.7 Å².